The number of ether oxygens (including phenoxy) is 1. The van der Waals surface area contributed by atoms with Crippen LogP contribution in [0.2, 0.25) is 0 Å². The third-order valence-corrected chi connectivity index (χ3v) is 8.68. The number of sulfonamides is 1. The van der Waals surface area contributed by atoms with Gasteiger partial charge in [0.1, 0.15) is 5.01 Å². The molecule has 9 nitrogen and oxygen atoms in total. The van der Waals surface area contributed by atoms with E-state index in [0.29, 0.717) is 30.7 Å². The Morgan fingerprint density at radius 3 is 2.53 bits per heavy atom. The second-order valence-electron chi connectivity index (χ2n) is 10.8. The molecule has 3 fully saturated rings. The second-order valence-corrected chi connectivity index (χ2v) is 13.5. The molecule has 1 aromatic carbocycles. The maximum atomic E-state index is 13.0. The number of benzene rings is 1. The highest BCUT2D eigenvalue weighted by Gasteiger charge is 2.52. The molecule has 1 aliphatic heterocycles. The lowest BCUT2D eigenvalue weighted by molar-refractivity contribution is -0.121. The fourth-order valence-corrected chi connectivity index (χ4v) is 6.41. The van der Waals surface area contributed by atoms with Crippen LogP contribution in [0.5, 0.6) is 0 Å². The van der Waals surface area contributed by atoms with Crippen molar-refractivity contribution in [1.29, 1.82) is 0 Å². The molecule has 0 bridgehead atoms. The molecule has 2 N–H and O–H groups in total. The molecule has 0 spiro atoms. The van der Waals surface area contributed by atoms with Gasteiger partial charge in [0, 0.05) is 31.7 Å². The lowest BCUT2D eigenvalue weighted by Gasteiger charge is -2.38. The number of nitrogens with zero attached hydrogens (tertiary/aromatic N) is 3. The predicted octanol–water partition coefficient (Wildman–Crippen LogP) is 3.91. The number of hydrogen-bond donors (Lipinski definition) is 2. The molecular formula is C25H35N5O4S2. The van der Waals surface area contributed by atoms with Crippen LogP contribution in [-0.4, -0.2) is 56.6 Å². The summed E-state index contributed by atoms with van der Waals surface area (Å²) in [7, 11) is -3.63. The van der Waals surface area contributed by atoms with Crippen LogP contribution in [-0.2, 0) is 25.0 Å². The van der Waals surface area contributed by atoms with Gasteiger partial charge in [-0.05, 0) is 62.1 Å². The lowest BCUT2D eigenvalue weighted by Crippen LogP contribution is -2.42. The fourth-order valence-electron chi connectivity index (χ4n) is 4.95. The highest BCUT2D eigenvalue weighted by Crippen LogP contribution is 2.50. The van der Waals surface area contributed by atoms with Crippen molar-refractivity contribution in [2.75, 3.05) is 36.2 Å². The number of nitrogens with one attached hydrogen (secondary N) is 2. The van der Waals surface area contributed by atoms with Gasteiger partial charge in [0.25, 0.3) is 0 Å². The summed E-state index contributed by atoms with van der Waals surface area (Å²) in [6.07, 6.45) is 6.50. The first-order valence-electron chi connectivity index (χ1n) is 12.8. The van der Waals surface area contributed by atoms with Crippen LogP contribution in [0.3, 0.4) is 0 Å². The Morgan fingerprint density at radius 1 is 1.19 bits per heavy atom. The summed E-state index contributed by atoms with van der Waals surface area (Å²) in [4.78, 5) is 15.4. The van der Waals surface area contributed by atoms with Gasteiger partial charge in [-0.2, -0.15) is 0 Å². The van der Waals surface area contributed by atoms with Gasteiger partial charge in [0.05, 0.1) is 23.0 Å². The quantitative estimate of drug-likeness (QED) is 0.473. The Bertz CT molecular complexity index is 1210. The highest BCUT2D eigenvalue weighted by molar-refractivity contribution is 7.89. The zero-order valence-electron chi connectivity index (χ0n) is 21.1. The summed E-state index contributed by atoms with van der Waals surface area (Å²) in [5.74, 6) is 0.524. The number of hydrogen-bond acceptors (Lipinski definition) is 9. The van der Waals surface area contributed by atoms with Gasteiger partial charge in [0.2, 0.25) is 21.1 Å². The number of amides is 1. The summed E-state index contributed by atoms with van der Waals surface area (Å²) in [6, 6.07) is 6.42. The average molecular weight is 534 g/mol. The van der Waals surface area contributed by atoms with Crippen molar-refractivity contribution in [3.63, 3.8) is 0 Å². The Morgan fingerprint density at radius 2 is 1.92 bits per heavy atom. The maximum absolute atomic E-state index is 13.0. The van der Waals surface area contributed by atoms with Crippen molar-refractivity contribution in [2.24, 2.45) is 5.92 Å². The van der Waals surface area contributed by atoms with Crippen molar-refractivity contribution in [1.82, 2.24) is 14.9 Å². The normalized spacial score (nSPS) is 19.8. The van der Waals surface area contributed by atoms with E-state index in [-0.39, 0.29) is 0 Å². The minimum Gasteiger partial charge on any atom is -0.381 e. The smallest absolute Gasteiger partial charge is 0.244 e. The molecule has 196 valence electrons. The Balaban J connectivity index is 1.52. The van der Waals surface area contributed by atoms with E-state index in [1.807, 2.05) is 12.1 Å². The van der Waals surface area contributed by atoms with E-state index in [0.717, 1.165) is 65.9 Å². The molecule has 5 rings (SSSR count). The van der Waals surface area contributed by atoms with Crippen molar-refractivity contribution in [3.05, 3.63) is 28.8 Å². The van der Waals surface area contributed by atoms with Gasteiger partial charge in [0.15, 0.2) is 0 Å². The maximum Gasteiger partial charge on any atom is 0.244 e. The number of carbonyl (C=O) groups is 1. The molecule has 3 aliphatic rings. The predicted molar refractivity (Wildman–Crippen MR) is 142 cm³/mol. The summed E-state index contributed by atoms with van der Waals surface area (Å²) < 4.78 is 31.4. The number of carbonyl (C=O) groups excluding carboxylic acids is 1. The number of rotatable bonds is 10. The van der Waals surface area contributed by atoms with Crippen LogP contribution in [0, 0.1) is 5.92 Å². The molecule has 1 saturated heterocycles. The van der Waals surface area contributed by atoms with Gasteiger partial charge in [-0.15, -0.1) is 10.2 Å². The summed E-state index contributed by atoms with van der Waals surface area (Å²) in [5.41, 5.74) is 1.93. The first-order valence-corrected chi connectivity index (χ1v) is 15.5. The molecule has 2 saturated carbocycles. The Hall–Kier alpha value is -2.24. The highest BCUT2D eigenvalue weighted by atomic mass is 32.2. The Kier molecular flexibility index (Phi) is 6.99. The molecular weight excluding hydrogens is 498 g/mol. The van der Waals surface area contributed by atoms with E-state index in [9.17, 15) is 13.2 Å². The van der Waals surface area contributed by atoms with Gasteiger partial charge in [-0.25, -0.2) is 8.42 Å². The monoisotopic (exact) mass is 533 g/mol. The molecule has 0 radical (unpaired) electrons. The first kappa shape index (κ1) is 25.4. The lowest BCUT2D eigenvalue weighted by atomic mass is 9.93. The molecule has 1 amide bonds. The van der Waals surface area contributed by atoms with Gasteiger partial charge >= 0.3 is 0 Å². The topological polar surface area (TPSA) is 114 Å². The van der Waals surface area contributed by atoms with Crippen molar-refractivity contribution in [2.45, 2.75) is 69.7 Å². The summed E-state index contributed by atoms with van der Waals surface area (Å²) >= 11 is 1.58. The van der Waals surface area contributed by atoms with Crippen LogP contribution < -0.4 is 14.9 Å². The number of anilines is 3. The van der Waals surface area contributed by atoms with Crippen molar-refractivity contribution < 1.29 is 17.9 Å². The molecule has 1 aromatic heterocycles. The van der Waals surface area contributed by atoms with Crippen LogP contribution in [0.25, 0.3) is 0 Å². The van der Waals surface area contributed by atoms with Gasteiger partial charge in [-0.1, -0.05) is 31.3 Å². The average Bonchev–Trinajstić information content (AvgIpc) is 3.75. The van der Waals surface area contributed by atoms with E-state index in [1.54, 1.807) is 11.3 Å². The molecule has 11 heteroatoms. The third kappa shape index (κ3) is 5.68. The minimum atomic E-state index is -3.63. The SMILES string of the molecule is CC(C)CN(c1ccc(C2(C(=O)NS(C)(=O)=O)CC2)cc1Nc1nnc(C2CC2)s1)C1CCOCC1. The van der Waals surface area contributed by atoms with Crippen molar-refractivity contribution >= 4 is 43.8 Å². The summed E-state index contributed by atoms with van der Waals surface area (Å²) in [6.45, 7) is 6.82. The number of aromatic nitrogens is 2. The second kappa shape index (κ2) is 9.90. The molecule has 2 heterocycles. The fraction of sp³-hybridized carbons (Fsp3) is 0.640. The third-order valence-electron chi connectivity index (χ3n) is 7.12. The zero-order chi connectivity index (χ0) is 25.5. The molecule has 2 aliphatic carbocycles. The van der Waals surface area contributed by atoms with Gasteiger partial charge in [-0.3, -0.25) is 9.52 Å². The zero-order valence-corrected chi connectivity index (χ0v) is 22.8. The van der Waals surface area contributed by atoms with Gasteiger partial charge < -0.3 is 15.0 Å². The van der Waals surface area contributed by atoms with E-state index >= 15 is 0 Å². The van der Waals surface area contributed by atoms with Crippen LogP contribution in [0.1, 0.15) is 68.9 Å². The minimum absolute atomic E-state index is 0.354. The van der Waals surface area contributed by atoms with Crippen LogP contribution in [0.4, 0.5) is 16.5 Å². The first-order chi connectivity index (χ1) is 17.1. The molecule has 0 unspecified atom stereocenters. The summed E-state index contributed by atoms with van der Waals surface area (Å²) in [5, 5.41) is 14.1. The molecule has 2 aromatic rings. The largest absolute Gasteiger partial charge is 0.381 e. The van der Waals surface area contributed by atoms with E-state index in [1.165, 1.54) is 12.8 Å². The van der Waals surface area contributed by atoms with E-state index in [4.69, 9.17) is 4.74 Å². The van der Waals surface area contributed by atoms with E-state index in [2.05, 4.69) is 45.0 Å². The molecule has 36 heavy (non-hydrogen) atoms. The van der Waals surface area contributed by atoms with Crippen molar-refractivity contribution in [3.8, 4) is 0 Å². The van der Waals surface area contributed by atoms with Crippen LogP contribution in [0.15, 0.2) is 18.2 Å². The van der Waals surface area contributed by atoms with E-state index < -0.39 is 21.3 Å². The standard InChI is InChI=1S/C25H35N5O4S2/c1-16(2)15-30(19-8-12-34-13-9-19)21-7-6-18(25(10-11-25)23(31)29-36(3,32)33)14-20(21)26-24-28-27-22(35-24)17-4-5-17/h6-7,14,16-17,19H,4-5,8-13,15H2,1-3H3,(H,26,28)(H,29,31). The molecule has 0 atom stereocenters. The Labute approximate surface area is 217 Å². The van der Waals surface area contributed by atoms with Crippen LogP contribution >= 0.6 is 11.3 Å².